The SMILES string of the molecule is NCCOc1cccc(CCNS(=O)(=O)c2ccc(Cl)cc2)c1. The molecule has 0 saturated carbocycles. The lowest BCUT2D eigenvalue weighted by molar-refractivity contribution is 0.328. The van der Waals surface area contributed by atoms with E-state index in [-0.39, 0.29) is 4.90 Å². The van der Waals surface area contributed by atoms with Gasteiger partial charge < -0.3 is 10.5 Å². The third-order valence-corrected chi connectivity index (χ3v) is 4.84. The fourth-order valence-electron chi connectivity index (χ4n) is 1.99. The van der Waals surface area contributed by atoms with E-state index in [0.29, 0.717) is 31.1 Å². The lowest BCUT2D eigenvalue weighted by Crippen LogP contribution is -2.25. The summed E-state index contributed by atoms with van der Waals surface area (Å²) in [7, 11) is -3.53. The predicted molar refractivity (Wildman–Crippen MR) is 91.3 cm³/mol. The van der Waals surface area contributed by atoms with E-state index < -0.39 is 10.0 Å². The predicted octanol–water partition coefficient (Wildman–Crippen LogP) is 2.20. The highest BCUT2D eigenvalue weighted by Gasteiger charge is 2.12. The topological polar surface area (TPSA) is 81.4 Å². The van der Waals surface area contributed by atoms with Crippen LogP contribution >= 0.6 is 11.6 Å². The van der Waals surface area contributed by atoms with Gasteiger partial charge >= 0.3 is 0 Å². The van der Waals surface area contributed by atoms with E-state index in [9.17, 15) is 8.42 Å². The maximum atomic E-state index is 12.1. The van der Waals surface area contributed by atoms with Crippen molar-refractivity contribution in [3.05, 3.63) is 59.1 Å². The molecule has 0 amide bonds. The molecule has 0 unspecified atom stereocenters. The largest absolute Gasteiger partial charge is 0.492 e. The van der Waals surface area contributed by atoms with Gasteiger partial charge in [0, 0.05) is 18.1 Å². The average Bonchev–Trinajstić information content (AvgIpc) is 2.53. The minimum Gasteiger partial charge on any atom is -0.492 e. The first-order valence-corrected chi connectivity index (χ1v) is 9.04. The smallest absolute Gasteiger partial charge is 0.240 e. The first kappa shape index (κ1) is 17.7. The highest BCUT2D eigenvalue weighted by molar-refractivity contribution is 7.89. The fourth-order valence-corrected chi connectivity index (χ4v) is 3.15. The van der Waals surface area contributed by atoms with Crippen molar-refractivity contribution in [3.63, 3.8) is 0 Å². The normalized spacial score (nSPS) is 11.4. The summed E-state index contributed by atoms with van der Waals surface area (Å²) in [5.74, 6) is 0.730. The zero-order valence-corrected chi connectivity index (χ0v) is 14.1. The first-order valence-electron chi connectivity index (χ1n) is 7.18. The van der Waals surface area contributed by atoms with Crippen molar-refractivity contribution in [1.29, 1.82) is 0 Å². The third-order valence-electron chi connectivity index (χ3n) is 3.11. The summed E-state index contributed by atoms with van der Waals surface area (Å²) in [5.41, 5.74) is 6.38. The van der Waals surface area contributed by atoms with Gasteiger partial charge in [-0.1, -0.05) is 23.7 Å². The van der Waals surface area contributed by atoms with Gasteiger partial charge in [0.15, 0.2) is 0 Å². The van der Waals surface area contributed by atoms with Crippen LogP contribution in [0.2, 0.25) is 5.02 Å². The van der Waals surface area contributed by atoms with Crippen molar-refractivity contribution in [2.45, 2.75) is 11.3 Å². The van der Waals surface area contributed by atoms with Gasteiger partial charge in [0.25, 0.3) is 0 Å². The van der Waals surface area contributed by atoms with Crippen LogP contribution in [0.4, 0.5) is 0 Å². The van der Waals surface area contributed by atoms with Gasteiger partial charge in [-0.05, 0) is 48.4 Å². The van der Waals surface area contributed by atoms with Crippen LogP contribution in [0.25, 0.3) is 0 Å². The average molecular weight is 355 g/mol. The Labute approximate surface area is 141 Å². The molecule has 7 heteroatoms. The van der Waals surface area contributed by atoms with Gasteiger partial charge in [-0.2, -0.15) is 0 Å². The summed E-state index contributed by atoms with van der Waals surface area (Å²) in [5, 5.41) is 0.498. The number of rotatable bonds is 8. The second-order valence-electron chi connectivity index (χ2n) is 4.89. The number of hydrogen-bond donors (Lipinski definition) is 2. The maximum Gasteiger partial charge on any atom is 0.240 e. The molecule has 3 N–H and O–H groups in total. The quantitative estimate of drug-likeness (QED) is 0.761. The molecule has 0 radical (unpaired) electrons. The summed E-state index contributed by atoms with van der Waals surface area (Å²) < 4.78 is 32.3. The van der Waals surface area contributed by atoms with E-state index >= 15 is 0 Å². The van der Waals surface area contributed by atoms with Crippen molar-refractivity contribution in [3.8, 4) is 5.75 Å². The lowest BCUT2D eigenvalue weighted by Gasteiger charge is -2.09. The molecule has 0 aromatic heterocycles. The molecule has 0 saturated heterocycles. The number of nitrogens with two attached hydrogens (primary N) is 1. The molecule has 2 rings (SSSR count). The summed E-state index contributed by atoms with van der Waals surface area (Å²) in [6, 6.07) is 13.6. The van der Waals surface area contributed by atoms with Gasteiger partial charge in [-0.25, -0.2) is 13.1 Å². The monoisotopic (exact) mass is 354 g/mol. The van der Waals surface area contributed by atoms with Gasteiger partial charge in [0.1, 0.15) is 12.4 Å². The molecule has 2 aromatic rings. The van der Waals surface area contributed by atoms with E-state index in [1.54, 1.807) is 12.1 Å². The van der Waals surface area contributed by atoms with Crippen molar-refractivity contribution in [2.24, 2.45) is 5.73 Å². The van der Waals surface area contributed by atoms with Gasteiger partial charge in [-0.15, -0.1) is 0 Å². The lowest BCUT2D eigenvalue weighted by atomic mass is 10.1. The molecular weight excluding hydrogens is 336 g/mol. The zero-order chi connectivity index (χ0) is 16.7. The fraction of sp³-hybridized carbons (Fsp3) is 0.250. The summed E-state index contributed by atoms with van der Waals surface area (Å²) in [4.78, 5) is 0.196. The van der Waals surface area contributed by atoms with Crippen LogP contribution in [0, 0.1) is 0 Å². The molecule has 0 aliphatic carbocycles. The molecule has 124 valence electrons. The van der Waals surface area contributed by atoms with Crippen molar-refractivity contribution in [2.75, 3.05) is 19.7 Å². The summed E-state index contributed by atoms with van der Waals surface area (Å²) in [6.45, 7) is 1.20. The highest BCUT2D eigenvalue weighted by Crippen LogP contribution is 2.15. The van der Waals surface area contributed by atoms with Crippen LogP contribution in [0.15, 0.2) is 53.4 Å². The van der Waals surface area contributed by atoms with E-state index in [1.807, 2.05) is 24.3 Å². The highest BCUT2D eigenvalue weighted by atomic mass is 35.5. The molecule has 0 spiro atoms. The molecule has 2 aromatic carbocycles. The Kier molecular flexibility index (Phi) is 6.41. The van der Waals surface area contributed by atoms with E-state index in [0.717, 1.165) is 11.3 Å². The van der Waals surface area contributed by atoms with Gasteiger partial charge in [0.2, 0.25) is 10.0 Å². The molecule has 23 heavy (non-hydrogen) atoms. The Morgan fingerprint density at radius 1 is 1.13 bits per heavy atom. The summed E-state index contributed by atoms with van der Waals surface area (Å²) >= 11 is 5.76. The van der Waals surface area contributed by atoms with Crippen LogP contribution in [0.1, 0.15) is 5.56 Å². The number of benzene rings is 2. The van der Waals surface area contributed by atoms with Crippen LogP contribution in [-0.2, 0) is 16.4 Å². The molecule has 0 atom stereocenters. The molecule has 0 bridgehead atoms. The standard InChI is InChI=1S/C16H19ClN2O3S/c17-14-4-6-16(7-5-14)23(20,21)19-10-8-13-2-1-3-15(12-13)22-11-9-18/h1-7,12,19H,8-11,18H2. The van der Waals surface area contributed by atoms with E-state index in [1.165, 1.54) is 12.1 Å². The molecule has 0 heterocycles. The van der Waals surface area contributed by atoms with E-state index in [4.69, 9.17) is 22.1 Å². The second-order valence-corrected chi connectivity index (χ2v) is 7.09. The minimum absolute atomic E-state index is 0.196. The first-order chi connectivity index (χ1) is 11.0. The number of hydrogen-bond acceptors (Lipinski definition) is 4. The van der Waals surface area contributed by atoms with Crippen molar-refractivity contribution >= 4 is 21.6 Å². The minimum atomic E-state index is -3.53. The summed E-state index contributed by atoms with van der Waals surface area (Å²) in [6.07, 6.45) is 0.562. The molecule has 0 fully saturated rings. The molecular formula is C16H19ClN2O3S. The zero-order valence-electron chi connectivity index (χ0n) is 12.5. The van der Waals surface area contributed by atoms with E-state index in [2.05, 4.69) is 4.72 Å². The number of halogens is 1. The Hall–Kier alpha value is -1.60. The Morgan fingerprint density at radius 3 is 2.57 bits per heavy atom. The Morgan fingerprint density at radius 2 is 1.87 bits per heavy atom. The van der Waals surface area contributed by atoms with Crippen LogP contribution in [0.3, 0.4) is 0 Å². The van der Waals surface area contributed by atoms with Gasteiger partial charge in [-0.3, -0.25) is 0 Å². The number of nitrogens with one attached hydrogen (secondary N) is 1. The Balaban J connectivity index is 1.92. The molecule has 0 aliphatic heterocycles. The van der Waals surface area contributed by atoms with Crippen molar-refractivity contribution in [1.82, 2.24) is 4.72 Å². The van der Waals surface area contributed by atoms with Crippen molar-refractivity contribution < 1.29 is 13.2 Å². The van der Waals surface area contributed by atoms with Crippen LogP contribution in [0.5, 0.6) is 5.75 Å². The maximum absolute atomic E-state index is 12.1. The van der Waals surface area contributed by atoms with Crippen LogP contribution in [-0.4, -0.2) is 28.1 Å². The second kappa shape index (κ2) is 8.31. The number of ether oxygens (including phenoxy) is 1. The van der Waals surface area contributed by atoms with Gasteiger partial charge in [0.05, 0.1) is 4.90 Å². The van der Waals surface area contributed by atoms with Crippen LogP contribution < -0.4 is 15.2 Å². The third kappa shape index (κ3) is 5.51. The molecule has 0 aliphatic rings. The molecule has 5 nitrogen and oxygen atoms in total. The Bertz CT molecular complexity index is 733. The number of sulfonamides is 1.